The maximum absolute atomic E-state index is 13.4. The van der Waals surface area contributed by atoms with Crippen LogP contribution in [0, 0.1) is 11.6 Å². The Morgan fingerprint density at radius 2 is 1.81 bits per heavy atom. The molecular weight excluding hydrogens is 440 g/mol. The SMILES string of the molecule is CCCn1c(=O)n(C)c(=O)c2c(SCC(=O)Nc3cc(F)cc(F)c3)nc(C(C)C)nc21. The van der Waals surface area contributed by atoms with Crippen molar-refractivity contribution in [3.05, 3.63) is 56.5 Å². The van der Waals surface area contributed by atoms with Crippen LogP contribution in [0.25, 0.3) is 11.0 Å². The Bertz CT molecular complexity index is 1280. The van der Waals surface area contributed by atoms with Gasteiger partial charge in [0.2, 0.25) is 5.91 Å². The van der Waals surface area contributed by atoms with Crippen molar-refractivity contribution < 1.29 is 13.6 Å². The van der Waals surface area contributed by atoms with Gasteiger partial charge < -0.3 is 5.32 Å². The monoisotopic (exact) mass is 463 g/mol. The van der Waals surface area contributed by atoms with Crippen LogP contribution in [0.5, 0.6) is 0 Å². The minimum atomic E-state index is -0.811. The van der Waals surface area contributed by atoms with Gasteiger partial charge in [-0.1, -0.05) is 32.5 Å². The van der Waals surface area contributed by atoms with Crippen molar-refractivity contribution in [2.75, 3.05) is 11.1 Å². The lowest BCUT2D eigenvalue weighted by molar-refractivity contribution is -0.113. The molecule has 0 aliphatic rings. The van der Waals surface area contributed by atoms with Gasteiger partial charge in [-0.05, 0) is 18.6 Å². The molecule has 0 spiro atoms. The van der Waals surface area contributed by atoms with Crippen LogP contribution in [-0.4, -0.2) is 30.8 Å². The first kappa shape index (κ1) is 23.6. The second-order valence-corrected chi connectivity index (χ2v) is 8.50. The zero-order chi connectivity index (χ0) is 23.6. The topological polar surface area (TPSA) is 98.9 Å². The Hall–Kier alpha value is -3.08. The Morgan fingerprint density at radius 3 is 2.41 bits per heavy atom. The number of hydrogen-bond acceptors (Lipinski definition) is 6. The molecule has 0 atom stereocenters. The fraction of sp³-hybridized carbons (Fsp3) is 0.381. The third-order valence-electron chi connectivity index (χ3n) is 4.62. The van der Waals surface area contributed by atoms with Gasteiger partial charge in [0.05, 0.1) is 5.75 Å². The molecule has 1 N–H and O–H groups in total. The van der Waals surface area contributed by atoms with Crippen LogP contribution >= 0.6 is 11.8 Å². The first-order valence-electron chi connectivity index (χ1n) is 10.0. The minimum absolute atomic E-state index is 0.0174. The van der Waals surface area contributed by atoms with Crippen molar-refractivity contribution in [3.8, 4) is 0 Å². The van der Waals surface area contributed by atoms with Crippen molar-refractivity contribution in [2.24, 2.45) is 7.05 Å². The van der Waals surface area contributed by atoms with E-state index in [4.69, 9.17) is 0 Å². The Kier molecular flexibility index (Phi) is 7.07. The maximum atomic E-state index is 13.4. The molecule has 8 nitrogen and oxygen atoms in total. The Balaban J connectivity index is 2.02. The number of carbonyl (C=O) groups excluding carboxylic acids is 1. The number of fused-ring (bicyclic) bond motifs is 1. The predicted molar refractivity (Wildman–Crippen MR) is 119 cm³/mol. The van der Waals surface area contributed by atoms with Gasteiger partial charge in [0.15, 0.2) is 5.65 Å². The van der Waals surface area contributed by atoms with Crippen molar-refractivity contribution >= 4 is 34.4 Å². The van der Waals surface area contributed by atoms with Crippen molar-refractivity contribution in [1.29, 1.82) is 0 Å². The lowest BCUT2D eigenvalue weighted by atomic mass is 10.2. The molecule has 1 amide bonds. The van der Waals surface area contributed by atoms with Gasteiger partial charge in [0.25, 0.3) is 5.56 Å². The van der Waals surface area contributed by atoms with Crippen LogP contribution < -0.4 is 16.6 Å². The van der Waals surface area contributed by atoms with Gasteiger partial charge >= 0.3 is 5.69 Å². The minimum Gasteiger partial charge on any atom is -0.325 e. The lowest BCUT2D eigenvalue weighted by Gasteiger charge is -2.15. The number of rotatable bonds is 7. The number of amides is 1. The number of nitrogens with one attached hydrogen (secondary N) is 1. The number of halogens is 2. The third-order valence-corrected chi connectivity index (χ3v) is 5.59. The zero-order valence-electron chi connectivity index (χ0n) is 18.1. The van der Waals surface area contributed by atoms with Crippen LogP contribution in [0.3, 0.4) is 0 Å². The molecule has 11 heteroatoms. The van der Waals surface area contributed by atoms with E-state index < -0.39 is 28.8 Å². The van der Waals surface area contributed by atoms with Gasteiger partial charge in [0, 0.05) is 31.3 Å². The highest BCUT2D eigenvalue weighted by Crippen LogP contribution is 2.25. The molecule has 170 valence electrons. The first-order valence-corrected chi connectivity index (χ1v) is 11.0. The molecule has 0 unspecified atom stereocenters. The molecule has 3 aromatic rings. The van der Waals surface area contributed by atoms with E-state index in [0.29, 0.717) is 24.9 Å². The Morgan fingerprint density at radius 1 is 1.16 bits per heavy atom. The van der Waals surface area contributed by atoms with E-state index in [-0.39, 0.29) is 33.4 Å². The molecule has 0 aliphatic carbocycles. The number of nitrogens with zero attached hydrogens (tertiary/aromatic N) is 4. The average molecular weight is 464 g/mol. The summed E-state index contributed by atoms with van der Waals surface area (Å²) in [5.41, 5.74) is -0.813. The Labute approximate surface area is 186 Å². The molecule has 0 radical (unpaired) electrons. The van der Waals surface area contributed by atoms with E-state index in [1.54, 1.807) is 0 Å². The van der Waals surface area contributed by atoms with Crippen molar-refractivity contribution in [2.45, 2.75) is 44.7 Å². The largest absolute Gasteiger partial charge is 0.332 e. The fourth-order valence-electron chi connectivity index (χ4n) is 3.10. The van der Waals surface area contributed by atoms with E-state index in [1.165, 1.54) is 11.6 Å². The number of anilines is 1. The second kappa shape index (κ2) is 9.60. The van der Waals surface area contributed by atoms with Crippen LogP contribution in [-0.2, 0) is 18.4 Å². The standard InChI is InChI=1S/C21H23F2N5O3S/c1-5-6-28-18-16(20(30)27(4)21(28)31)19(26-17(25-18)11(2)3)32-10-15(29)24-14-8-12(22)7-13(23)9-14/h7-9,11H,5-6,10H2,1-4H3,(H,24,29). The molecule has 2 heterocycles. The number of carbonyl (C=O) groups is 1. The summed E-state index contributed by atoms with van der Waals surface area (Å²) in [4.78, 5) is 46.8. The summed E-state index contributed by atoms with van der Waals surface area (Å²) in [5.74, 6) is -1.97. The fourth-order valence-corrected chi connectivity index (χ4v) is 3.92. The molecule has 1 aromatic carbocycles. The molecule has 0 fully saturated rings. The number of aryl methyl sites for hydroxylation is 1. The van der Waals surface area contributed by atoms with Crippen LogP contribution in [0.2, 0.25) is 0 Å². The van der Waals surface area contributed by atoms with E-state index in [1.807, 2.05) is 20.8 Å². The number of benzene rings is 1. The molecule has 32 heavy (non-hydrogen) atoms. The zero-order valence-corrected chi connectivity index (χ0v) is 18.9. The van der Waals surface area contributed by atoms with Gasteiger partial charge in [0.1, 0.15) is 27.9 Å². The summed E-state index contributed by atoms with van der Waals surface area (Å²) in [6.07, 6.45) is 0.656. The van der Waals surface area contributed by atoms with E-state index in [0.717, 1.165) is 28.5 Å². The second-order valence-electron chi connectivity index (χ2n) is 7.53. The highest BCUT2D eigenvalue weighted by atomic mass is 32.2. The summed E-state index contributed by atoms with van der Waals surface area (Å²) < 4.78 is 29.2. The highest BCUT2D eigenvalue weighted by molar-refractivity contribution is 8.00. The van der Waals surface area contributed by atoms with Gasteiger partial charge in [-0.2, -0.15) is 0 Å². The predicted octanol–water partition coefficient (Wildman–Crippen LogP) is 3.03. The van der Waals surface area contributed by atoms with Crippen LogP contribution in [0.4, 0.5) is 14.5 Å². The van der Waals surface area contributed by atoms with Gasteiger partial charge in [-0.15, -0.1) is 0 Å². The summed E-state index contributed by atoms with van der Waals surface area (Å²) in [6, 6.07) is 2.71. The van der Waals surface area contributed by atoms with E-state index in [9.17, 15) is 23.2 Å². The van der Waals surface area contributed by atoms with Crippen LogP contribution in [0.1, 0.15) is 38.9 Å². The van der Waals surface area contributed by atoms with Crippen molar-refractivity contribution in [1.82, 2.24) is 19.1 Å². The number of aromatic nitrogens is 4. The van der Waals surface area contributed by atoms with Crippen molar-refractivity contribution in [3.63, 3.8) is 0 Å². The summed E-state index contributed by atoms with van der Waals surface area (Å²) in [7, 11) is 1.38. The average Bonchev–Trinajstić information content (AvgIpc) is 2.72. The molecule has 3 rings (SSSR count). The normalized spacial score (nSPS) is 11.3. The maximum Gasteiger partial charge on any atom is 0.332 e. The third kappa shape index (κ3) is 4.87. The highest BCUT2D eigenvalue weighted by Gasteiger charge is 2.20. The summed E-state index contributed by atoms with van der Waals surface area (Å²) >= 11 is 0.993. The molecule has 0 saturated heterocycles. The molecule has 0 saturated carbocycles. The molecule has 0 bridgehead atoms. The quantitative estimate of drug-likeness (QED) is 0.427. The number of thioether (sulfide) groups is 1. The molecule has 2 aromatic heterocycles. The number of hydrogen-bond donors (Lipinski definition) is 1. The van der Waals surface area contributed by atoms with E-state index in [2.05, 4.69) is 15.3 Å². The molecular formula is C21H23F2N5O3S. The first-order chi connectivity index (χ1) is 15.1. The summed E-state index contributed by atoms with van der Waals surface area (Å²) in [5, 5.41) is 2.84. The van der Waals surface area contributed by atoms with Gasteiger partial charge in [-0.25, -0.2) is 23.5 Å². The van der Waals surface area contributed by atoms with E-state index >= 15 is 0 Å². The summed E-state index contributed by atoms with van der Waals surface area (Å²) in [6.45, 7) is 6.03. The van der Waals surface area contributed by atoms with Gasteiger partial charge in [-0.3, -0.25) is 18.7 Å². The molecule has 0 aliphatic heterocycles. The smallest absolute Gasteiger partial charge is 0.325 e. The lowest BCUT2D eigenvalue weighted by Crippen LogP contribution is -2.39. The van der Waals surface area contributed by atoms with Crippen LogP contribution in [0.15, 0.2) is 32.8 Å².